The molecule has 0 N–H and O–H groups in total. The summed E-state index contributed by atoms with van der Waals surface area (Å²) in [6.07, 6.45) is 0. The number of nitrogens with zero attached hydrogens (tertiary/aromatic N) is 7. The zero-order valence-corrected chi connectivity index (χ0v) is 16.5. The monoisotopic (exact) mass is 397 g/mol. The summed E-state index contributed by atoms with van der Waals surface area (Å²) < 4.78 is 12.2. The number of rotatable bonds is 6. The molecule has 1 aromatic carbocycles. The van der Waals surface area contributed by atoms with Crippen molar-refractivity contribution in [3.63, 3.8) is 0 Å². The van der Waals surface area contributed by atoms with Crippen molar-refractivity contribution in [2.24, 2.45) is 0 Å². The van der Waals surface area contributed by atoms with Gasteiger partial charge < -0.3 is 14.2 Å². The molecule has 0 atom stereocenters. The Labute approximate surface area is 168 Å². The van der Waals surface area contributed by atoms with Crippen molar-refractivity contribution in [3.8, 4) is 11.4 Å². The second kappa shape index (κ2) is 8.39. The van der Waals surface area contributed by atoms with E-state index in [0.717, 1.165) is 30.4 Å². The number of hydrogen-bond donors (Lipinski definition) is 0. The highest BCUT2D eigenvalue weighted by Crippen LogP contribution is 2.17. The van der Waals surface area contributed by atoms with Crippen LogP contribution in [-0.4, -0.2) is 73.9 Å². The quantitative estimate of drug-likeness (QED) is 0.614. The summed E-state index contributed by atoms with van der Waals surface area (Å²) in [5.41, 5.74) is 1.24. The molecule has 0 spiro atoms. The van der Waals surface area contributed by atoms with E-state index in [1.54, 1.807) is 22.6 Å². The molecule has 1 fully saturated rings. The van der Waals surface area contributed by atoms with Crippen molar-refractivity contribution in [3.05, 3.63) is 47.6 Å². The van der Waals surface area contributed by atoms with Crippen LogP contribution in [0.2, 0.25) is 0 Å². The standard InChI is InChI=1S/C19H23N7O3/c1-3-28-16-6-4-15(5-7-16)26-18(20-22-23-26)13-24-8-10-25(11-9-24)19(27)17-12-14(2)29-21-17/h4-7,12H,3,8-11,13H2,1-2H3. The SMILES string of the molecule is CCOc1ccc(-n2nnnc2CN2CCN(C(=O)c3cc(C)on3)CC2)cc1. The maximum atomic E-state index is 12.5. The summed E-state index contributed by atoms with van der Waals surface area (Å²) in [5.74, 6) is 2.10. The van der Waals surface area contributed by atoms with Gasteiger partial charge in [0.25, 0.3) is 5.91 Å². The van der Waals surface area contributed by atoms with Crippen molar-refractivity contribution in [2.45, 2.75) is 20.4 Å². The minimum absolute atomic E-state index is 0.0966. The lowest BCUT2D eigenvalue weighted by Crippen LogP contribution is -2.48. The molecule has 1 amide bonds. The van der Waals surface area contributed by atoms with Gasteiger partial charge in [-0.25, -0.2) is 0 Å². The molecule has 1 aliphatic rings. The molecule has 1 aliphatic heterocycles. The van der Waals surface area contributed by atoms with E-state index in [2.05, 4.69) is 25.6 Å². The molecular formula is C19H23N7O3. The average molecular weight is 397 g/mol. The van der Waals surface area contributed by atoms with E-state index in [4.69, 9.17) is 9.26 Å². The van der Waals surface area contributed by atoms with Crippen molar-refractivity contribution >= 4 is 5.91 Å². The minimum Gasteiger partial charge on any atom is -0.494 e. The smallest absolute Gasteiger partial charge is 0.276 e. The van der Waals surface area contributed by atoms with E-state index >= 15 is 0 Å². The van der Waals surface area contributed by atoms with Crippen LogP contribution in [0.1, 0.15) is 29.0 Å². The predicted molar refractivity (Wildman–Crippen MR) is 103 cm³/mol. The number of carbonyl (C=O) groups excluding carboxylic acids is 1. The first-order valence-electron chi connectivity index (χ1n) is 9.59. The van der Waals surface area contributed by atoms with Crippen LogP contribution >= 0.6 is 0 Å². The number of ether oxygens (including phenoxy) is 1. The lowest BCUT2D eigenvalue weighted by molar-refractivity contribution is 0.0614. The van der Waals surface area contributed by atoms with Crippen LogP contribution in [0.25, 0.3) is 5.69 Å². The van der Waals surface area contributed by atoms with Crippen LogP contribution in [0.15, 0.2) is 34.9 Å². The highest BCUT2D eigenvalue weighted by atomic mass is 16.5. The van der Waals surface area contributed by atoms with Crippen LogP contribution in [0.4, 0.5) is 0 Å². The third-order valence-corrected chi connectivity index (χ3v) is 4.80. The van der Waals surface area contributed by atoms with Crippen LogP contribution < -0.4 is 4.74 Å². The number of benzene rings is 1. The second-order valence-corrected chi connectivity index (χ2v) is 6.82. The number of hydrogen-bond acceptors (Lipinski definition) is 8. The first-order chi connectivity index (χ1) is 14.1. The second-order valence-electron chi connectivity index (χ2n) is 6.82. The molecule has 2 aromatic heterocycles. The summed E-state index contributed by atoms with van der Waals surface area (Å²) in [7, 11) is 0. The van der Waals surface area contributed by atoms with E-state index in [1.165, 1.54) is 0 Å². The van der Waals surface area contributed by atoms with E-state index in [9.17, 15) is 4.79 Å². The molecule has 1 saturated heterocycles. The molecule has 0 saturated carbocycles. The predicted octanol–water partition coefficient (Wildman–Crippen LogP) is 1.32. The van der Waals surface area contributed by atoms with Gasteiger partial charge in [-0.05, 0) is 48.5 Å². The first kappa shape index (κ1) is 19.1. The van der Waals surface area contributed by atoms with Gasteiger partial charge in [-0.3, -0.25) is 9.69 Å². The van der Waals surface area contributed by atoms with Gasteiger partial charge in [0, 0.05) is 32.2 Å². The summed E-state index contributed by atoms with van der Waals surface area (Å²) in [4.78, 5) is 16.5. The van der Waals surface area contributed by atoms with Gasteiger partial charge in [0.1, 0.15) is 11.5 Å². The topological polar surface area (TPSA) is 102 Å². The number of piperazine rings is 1. The van der Waals surface area contributed by atoms with Gasteiger partial charge >= 0.3 is 0 Å². The molecule has 3 heterocycles. The number of aromatic nitrogens is 5. The summed E-state index contributed by atoms with van der Waals surface area (Å²) >= 11 is 0. The van der Waals surface area contributed by atoms with Crippen molar-refractivity contribution in [2.75, 3.05) is 32.8 Å². The fraction of sp³-hybridized carbons (Fsp3) is 0.421. The van der Waals surface area contributed by atoms with Crippen molar-refractivity contribution < 1.29 is 14.1 Å². The van der Waals surface area contributed by atoms with Crippen molar-refractivity contribution in [1.82, 2.24) is 35.2 Å². The first-order valence-corrected chi connectivity index (χ1v) is 9.59. The molecule has 0 unspecified atom stereocenters. The van der Waals surface area contributed by atoms with Gasteiger partial charge in [-0.15, -0.1) is 5.10 Å². The summed E-state index contributed by atoms with van der Waals surface area (Å²) in [6, 6.07) is 9.34. The Morgan fingerprint density at radius 3 is 2.59 bits per heavy atom. The molecule has 4 rings (SSSR count). The third-order valence-electron chi connectivity index (χ3n) is 4.80. The lowest BCUT2D eigenvalue weighted by atomic mass is 10.2. The lowest BCUT2D eigenvalue weighted by Gasteiger charge is -2.33. The van der Waals surface area contributed by atoms with Crippen LogP contribution in [-0.2, 0) is 6.54 Å². The molecule has 0 aliphatic carbocycles. The third kappa shape index (κ3) is 4.27. The van der Waals surface area contributed by atoms with E-state index in [0.29, 0.717) is 37.7 Å². The fourth-order valence-electron chi connectivity index (χ4n) is 3.29. The van der Waals surface area contributed by atoms with Gasteiger partial charge in [-0.1, -0.05) is 5.16 Å². The van der Waals surface area contributed by atoms with Crippen LogP contribution in [0.5, 0.6) is 5.75 Å². The average Bonchev–Trinajstić information content (AvgIpc) is 3.38. The summed E-state index contributed by atoms with van der Waals surface area (Å²) in [6.45, 7) is 7.66. The molecule has 152 valence electrons. The van der Waals surface area contributed by atoms with Gasteiger partial charge in [0.05, 0.1) is 18.8 Å². The Morgan fingerprint density at radius 1 is 1.17 bits per heavy atom. The van der Waals surface area contributed by atoms with E-state index in [-0.39, 0.29) is 5.91 Å². The fourth-order valence-corrected chi connectivity index (χ4v) is 3.29. The van der Waals surface area contributed by atoms with E-state index in [1.807, 2.05) is 31.2 Å². The molecule has 0 bridgehead atoms. The van der Waals surface area contributed by atoms with Crippen LogP contribution in [0, 0.1) is 6.92 Å². The normalized spacial score (nSPS) is 14.9. The Morgan fingerprint density at radius 2 is 1.93 bits per heavy atom. The maximum absolute atomic E-state index is 12.5. The molecule has 3 aromatic rings. The zero-order chi connectivity index (χ0) is 20.2. The molecule has 0 radical (unpaired) electrons. The molecule has 29 heavy (non-hydrogen) atoms. The van der Waals surface area contributed by atoms with E-state index < -0.39 is 0 Å². The Balaban J connectivity index is 1.37. The largest absolute Gasteiger partial charge is 0.494 e. The van der Waals surface area contributed by atoms with Gasteiger partial charge in [0.15, 0.2) is 11.5 Å². The number of amides is 1. The Hall–Kier alpha value is -3.27. The Bertz CT molecular complexity index is 958. The number of carbonyl (C=O) groups is 1. The zero-order valence-electron chi connectivity index (χ0n) is 16.5. The molecule has 10 heteroatoms. The number of aryl methyl sites for hydroxylation is 1. The highest BCUT2D eigenvalue weighted by Gasteiger charge is 2.25. The minimum atomic E-state index is -0.0966. The van der Waals surface area contributed by atoms with Crippen LogP contribution in [0.3, 0.4) is 0 Å². The number of tetrazole rings is 1. The molecule has 10 nitrogen and oxygen atoms in total. The molecular weight excluding hydrogens is 374 g/mol. The van der Waals surface area contributed by atoms with Crippen molar-refractivity contribution in [1.29, 1.82) is 0 Å². The highest BCUT2D eigenvalue weighted by molar-refractivity contribution is 5.92. The van der Waals surface area contributed by atoms with Gasteiger partial charge in [0.2, 0.25) is 0 Å². The Kier molecular flexibility index (Phi) is 5.52. The maximum Gasteiger partial charge on any atom is 0.276 e. The summed E-state index contributed by atoms with van der Waals surface area (Å²) in [5, 5.41) is 15.9. The van der Waals surface area contributed by atoms with Gasteiger partial charge in [-0.2, -0.15) is 4.68 Å².